The Balaban J connectivity index is 5.75. The maximum absolute atomic E-state index is 7.02. The number of hydrogen-bond acceptors (Lipinski definition) is 3. The van der Waals surface area contributed by atoms with Gasteiger partial charge in [-0.15, -0.1) is 0 Å². The first-order valence-electron chi connectivity index (χ1n) is 10.3. The predicted octanol–water partition coefficient (Wildman–Crippen LogP) is 5.23. The molecule has 0 amide bonds. The van der Waals surface area contributed by atoms with Crippen LogP contribution in [-0.2, 0) is 13.6 Å². The maximum atomic E-state index is 7.02. The molecule has 0 aliphatic carbocycles. The van der Waals surface area contributed by atoms with Crippen LogP contribution in [0.4, 0.5) is 0 Å². The fourth-order valence-corrected chi connectivity index (χ4v) is 13.4. The van der Waals surface area contributed by atoms with Crippen LogP contribution < -0.4 is 0 Å². The van der Waals surface area contributed by atoms with Gasteiger partial charge in [0.05, 0.1) is 19.2 Å². The predicted molar refractivity (Wildman–Crippen MR) is 119 cm³/mol. The standard InChI is InChI=1S/C19H46O3Si3/c1-13-17(5,20-7)24(10)21-19(15-3,16-4)25(11,12)22-18(6,14-2)23(8)9/h23-24H,13-16H2,1-12H3/t17-,18+,24?/m1/s1. The maximum Gasteiger partial charge on any atom is 0.217 e. The summed E-state index contributed by atoms with van der Waals surface area (Å²) in [4.78, 5) is 0. The van der Waals surface area contributed by atoms with E-state index in [2.05, 4.69) is 74.3 Å². The fourth-order valence-electron chi connectivity index (χ4n) is 3.74. The minimum Gasteiger partial charge on any atom is -0.412 e. The van der Waals surface area contributed by atoms with Crippen LogP contribution in [-0.4, -0.2) is 48.9 Å². The molecule has 3 atom stereocenters. The van der Waals surface area contributed by atoms with Crippen molar-refractivity contribution in [1.29, 1.82) is 0 Å². The van der Waals surface area contributed by atoms with Crippen molar-refractivity contribution in [3.63, 3.8) is 0 Å². The molecule has 1 unspecified atom stereocenters. The zero-order valence-corrected chi connectivity index (χ0v) is 22.5. The zero-order valence-electron chi connectivity index (χ0n) is 19.2. The lowest BCUT2D eigenvalue weighted by Crippen LogP contribution is -2.65. The highest BCUT2D eigenvalue weighted by Gasteiger charge is 2.52. The van der Waals surface area contributed by atoms with E-state index in [0.29, 0.717) is 0 Å². The molecule has 0 aromatic rings. The normalized spacial score (nSPS) is 19.6. The summed E-state index contributed by atoms with van der Waals surface area (Å²) in [5, 5.41) is -0.205. The first-order valence-corrected chi connectivity index (χ1v) is 18.3. The summed E-state index contributed by atoms with van der Waals surface area (Å²) >= 11 is 0. The minimum absolute atomic E-state index is 0.0504. The monoisotopic (exact) mass is 406 g/mol. The first-order chi connectivity index (χ1) is 11.3. The number of rotatable bonds is 12. The van der Waals surface area contributed by atoms with E-state index < -0.39 is 26.2 Å². The number of ether oxygens (including phenoxy) is 1. The Kier molecular flexibility index (Phi) is 9.85. The third-order valence-electron chi connectivity index (χ3n) is 7.08. The Morgan fingerprint density at radius 2 is 1.24 bits per heavy atom. The molecule has 0 saturated carbocycles. The topological polar surface area (TPSA) is 27.7 Å². The molecule has 0 aromatic carbocycles. The average Bonchev–Trinajstić information content (AvgIpc) is 2.57. The Hall–Kier alpha value is 0.531. The van der Waals surface area contributed by atoms with Gasteiger partial charge in [-0.05, 0) is 59.2 Å². The second-order valence-electron chi connectivity index (χ2n) is 8.77. The molecule has 0 N–H and O–H groups in total. The van der Waals surface area contributed by atoms with Crippen LogP contribution in [0, 0.1) is 0 Å². The average molecular weight is 407 g/mol. The van der Waals surface area contributed by atoms with Crippen molar-refractivity contribution in [3.05, 3.63) is 0 Å². The van der Waals surface area contributed by atoms with Crippen molar-refractivity contribution in [2.45, 2.75) is 116 Å². The third kappa shape index (κ3) is 5.51. The molecule has 3 nitrogen and oxygen atoms in total. The molecular weight excluding hydrogens is 360 g/mol. The molecule has 152 valence electrons. The van der Waals surface area contributed by atoms with Crippen LogP contribution in [0.1, 0.15) is 67.2 Å². The zero-order chi connectivity index (χ0) is 20.1. The Bertz CT molecular complexity index is 393. The van der Waals surface area contributed by atoms with Crippen molar-refractivity contribution in [1.82, 2.24) is 0 Å². The van der Waals surface area contributed by atoms with Crippen LogP contribution >= 0.6 is 0 Å². The van der Waals surface area contributed by atoms with Crippen LogP contribution in [0.3, 0.4) is 0 Å². The molecule has 25 heavy (non-hydrogen) atoms. The second kappa shape index (κ2) is 9.64. The molecule has 0 aliphatic rings. The van der Waals surface area contributed by atoms with Gasteiger partial charge in [-0.1, -0.05) is 40.8 Å². The Morgan fingerprint density at radius 1 is 0.800 bits per heavy atom. The van der Waals surface area contributed by atoms with Crippen molar-refractivity contribution in [3.8, 4) is 0 Å². The molecule has 0 spiro atoms. The van der Waals surface area contributed by atoms with Gasteiger partial charge in [0.2, 0.25) is 17.4 Å². The molecule has 0 saturated heterocycles. The van der Waals surface area contributed by atoms with Crippen molar-refractivity contribution in [2.75, 3.05) is 7.11 Å². The van der Waals surface area contributed by atoms with Gasteiger partial charge >= 0.3 is 0 Å². The highest BCUT2D eigenvalue weighted by molar-refractivity contribution is 6.76. The Labute approximate surface area is 162 Å². The molecule has 0 rings (SSSR count). The summed E-state index contributed by atoms with van der Waals surface area (Å²) in [6, 6.07) is 0. The summed E-state index contributed by atoms with van der Waals surface area (Å²) in [5.41, 5.74) is 0. The van der Waals surface area contributed by atoms with Gasteiger partial charge in [0.25, 0.3) is 0 Å². The smallest absolute Gasteiger partial charge is 0.217 e. The van der Waals surface area contributed by atoms with E-state index in [1.807, 2.05) is 7.11 Å². The molecule has 0 aliphatic heterocycles. The van der Waals surface area contributed by atoms with E-state index in [4.69, 9.17) is 13.6 Å². The highest BCUT2D eigenvalue weighted by atomic mass is 28.4. The lowest BCUT2D eigenvalue weighted by Gasteiger charge is -2.51. The van der Waals surface area contributed by atoms with Gasteiger partial charge in [-0.25, -0.2) is 0 Å². The van der Waals surface area contributed by atoms with E-state index in [-0.39, 0.29) is 15.7 Å². The summed E-state index contributed by atoms with van der Waals surface area (Å²) in [6.07, 6.45) is 4.12. The lowest BCUT2D eigenvalue weighted by atomic mass is 10.2. The molecule has 0 fully saturated rings. The summed E-state index contributed by atoms with van der Waals surface area (Å²) < 4.78 is 19.9. The molecule has 6 heteroatoms. The SMILES string of the molecule is CCC(CC)(O[SiH](C)[C@](C)(CC)OC)[Si](C)(C)O[C@](C)(CC)[SiH](C)C. The largest absolute Gasteiger partial charge is 0.412 e. The quantitative estimate of drug-likeness (QED) is 0.416. The van der Waals surface area contributed by atoms with Crippen molar-refractivity contribution < 1.29 is 13.6 Å². The van der Waals surface area contributed by atoms with Gasteiger partial charge in [0.1, 0.15) is 0 Å². The van der Waals surface area contributed by atoms with Crippen LogP contribution in [0.25, 0.3) is 0 Å². The number of methoxy groups -OCH3 is 1. The molecule has 0 heterocycles. The van der Waals surface area contributed by atoms with Crippen LogP contribution in [0.15, 0.2) is 0 Å². The lowest BCUT2D eigenvalue weighted by molar-refractivity contribution is 0.0196. The third-order valence-corrected chi connectivity index (χ3v) is 17.7. The number of hydrogen-bond donors (Lipinski definition) is 0. The van der Waals surface area contributed by atoms with Crippen molar-refractivity contribution in [2.24, 2.45) is 0 Å². The molecule has 0 aromatic heterocycles. The van der Waals surface area contributed by atoms with Crippen molar-refractivity contribution >= 4 is 26.2 Å². The first kappa shape index (κ1) is 25.5. The van der Waals surface area contributed by atoms with Crippen LogP contribution in [0.5, 0.6) is 0 Å². The summed E-state index contributed by atoms with van der Waals surface area (Å²) in [5.74, 6) is 0. The minimum atomic E-state index is -2.08. The second-order valence-corrected chi connectivity index (χ2v) is 19.2. The van der Waals surface area contributed by atoms with E-state index in [1.165, 1.54) is 0 Å². The van der Waals surface area contributed by atoms with E-state index in [9.17, 15) is 0 Å². The van der Waals surface area contributed by atoms with Gasteiger partial charge in [0, 0.05) is 12.3 Å². The highest BCUT2D eigenvalue weighted by Crippen LogP contribution is 2.39. The Morgan fingerprint density at radius 3 is 1.52 bits per heavy atom. The van der Waals surface area contributed by atoms with E-state index in [0.717, 1.165) is 25.7 Å². The molecule has 0 radical (unpaired) electrons. The van der Waals surface area contributed by atoms with Crippen LogP contribution in [0.2, 0.25) is 32.7 Å². The molecule has 0 bridgehead atoms. The molecular formula is C19H46O3Si3. The van der Waals surface area contributed by atoms with E-state index in [1.54, 1.807) is 0 Å². The van der Waals surface area contributed by atoms with Gasteiger partial charge in [-0.3, -0.25) is 0 Å². The van der Waals surface area contributed by atoms with Gasteiger partial charge < -0.3 is 13.6 Å². The fraction of sp³-hybridized carbons (Fsp3) is 1.00. The van der Waals surface area contributed by atoms with Gasteiger partial charge in [0.15, 0.2) is 0 Å². The van der Waals surface area contributed by atoms with Gasteiger partial charge in [-0.2, -0.15) is 0 Å². The summed E-state index contributed by atoms with van der Waals surface area (Å²) in [7, 11) is -2.73. The van der Waals surface area contributed by atoms with E-state index >= 15 is 0 Å². The summed E-state index contributed by atoms with van der Waals surface area (Å²) in [6.45, 7) is 25.4.